The van der Waals surface area contributed by atoms with Crippen molar-refractivity contribution in [1.82, 2.24) is 5.16 Å². The molecule has 0 bridgehead atoms. The van der Waals surface area contributed by atoms with E-state index in [0.717, 1.165) is 0 Å². The standard InChI is InChI=1S/C21H23N3O5S/c1-5-28-18-9-7-6-8-17(18)24-30(26,27)19-12-16(11-10-13(19)2)20-14(3)23-29-21(20)22-15(4)25/h6-12,24H,5H2,1-4H3,(H,22,25). The molecule has 0 spiro atoms. The van der Waals surface area contributed by atoms with Gasteiger partial charge in [0.05, 0.1) is 28.4 Å². The highest BCUT2D eigenvalue weighted by Crippen LogP contribution is 2.34. The van der Waals surface area contributed by atoms with Crippen LogP contribution < -0.4 is 14.8 Å². The van der Waals surface area contributed by atoms with Gasteiger partial charge in [-0.3, -0.25) is 14.8 Å². The number of carbonyl (C=O) groups is 1. The number of nitrogens with zero attached hydrogens (tertiary/aromatic N) is 1. The number of rotatable bonds is 7. The van der Waals surface area contributed by atoms with Crippen molar-refractivity contribution in [3.8, 4) is 16.9 Å². The van der Waals surface area contributed by atoms with E-state index in [1.807, 2.05) is 6.92 Å². The SMILES string of the molecule is CCOc1ccccc1NS(=O)(=O)c1cc(-c2c(C)noc2NC(C)=O)ccc1C. The first-order valence-corrected chi connectivity index (χ1v) is 10.8. The number of carbonyl (C=O) groups excluding carboxylic acids is 1. The lowest BCUT2D eigenvalue weighted by Crippen LogP contribution is -2.15. The number of ether oxygens (including phenoxy) is 1. The van der Waals surface area contributed by atoms with E-state index in [1.54, 1.807) is 50.2 Å². The molecule has 1 amide bonds. The van der Waals surface area contributed by atoms with Crippen LogP contribution in [0, 0.1) is 13.8 Å². The molecule has 0 aliphatic heterocycles. The minimum Gasteiger partial charge on any atom is -0.492 e. The normalized spacial score (nSPS) is 11.2. The highest BCUT2D eigenvalue weighted by atomic mass is 32.2. The van der Waals surface area contributed by atoms with E-state index in [2.05, 4.69) is 15.2 Å². The molecule has 0 aliphatic rings. The highest BCUT2D eigenvalue weighted by molar-refractivity contribution is 7.92. The molecular weight excluding hydrogens is 406 g/mol. The van der Waals surface area contributed by atoms with E-state index in [0.29, 0.717) is 40.4 Å². The maximum Gasteiger partial charge on any atom is 0.262 e. The smallest absolute Gasteiger partial charge is 0.262 e. The monoisotopic (exact) mass is 429 g/mol. The van der Waals surface area contributed by atoms with E-state index >= 15 is 0 Å². The first kappa shape index (κ1) is 21.4. The van der Waals surface area contributed by atoms with Crippen molar-refractivity contribution in [2.75, 3.05) is 16.6 Å². The topological polar surface area (TPSA) is 111 Å². The van der Waals surface area contributed by atoms with Crippen LogP contribution >= 0.6 is 0 Å². The third-order valence-corrected chi connectivity index (χ3v) is 5.86. The molecule has 0 saturated carbocycles. The molecule has 3 rings (SSSR count). The van der Waals surface area contributed by atoms with Crippen molar-refractivity contribution < 1.29 is 22.5 Å². The van der Waals surface area contributed by atoms with E-state index in [9.17, 15) is 13.2 Å². The Morgan fingerprint density at radius 3 is 2.60 bits per heavy atom. The number of aryl methyl sites for hydroxylation is 2. The van der Waals surface area contributed by atoms with Crippen LogP contribution in [0.25, 0.3) is 11.1 Å². The summed E-state index contributed by atoms with van der Waals surface area (Å²) in [6.07, 6.45) is 0. The first-order chi connectivity index (χ1) is 14.2. The molecule has 1 aromatic heterocycles. The van der Waals surface area contributed by atoms with Crippen molar-refractivity contribution in [2.24, 2.45) is 0 Å². The van der Waals surface area contributed by atoms with Crippen LogP contribution in [-0.2, 0) is 14.8 Å². The summed E-state index contributed by atoms with van der Waals surface area (Å²) in [5.74, 6) is 0.295. The number of benzene rings is 2. The molecule has 0 saturated heterocycles. The maximum absolute atomic E-state index is 13.2. The average Bonchev–Trinajstić information content (AvgIpc) is 3.03. The molecule has 1 heterocycles. The van der Waals surface area contributed by atoms with Gasteiger partial charge in [-0.1, -0.05) is 29.4 Å². The summed E-state index contributed by atoms with van der Waals surface area (Å²) in [6.45, 7) is 7.02. The molecular formula is C21H23N3O5S. The third-order valence-electron chi connectivity index (χ3n) is 4.35. The van der Waals surface area contributed by atoms with Crippen LogP contribution in [0.5, 0.6) is 5.75 Å². The van der Waals surface area contributed by atoms with E-state index in [1.165, 1.54) is 13.0 Å². The Morgan fingerprint density at radius 1 is 1.17 bits per heavy atom. The quantitative estimate of drug-likeness (QED) is 0.585. The molecule has 0 unspecified atom stereocenters. The lowest BCUT2D eigenvalue weighted by atomic mass is 10.0. The Hall–Kier alpha value is -3.33. The highest BCUT2D eigenvalue weighted by Gasteiger charge is 2.22. The minimum absolute atomic E-state index is 0.0978. The van der Waals surface area contributed by atoms with Gasteiger partial charge in [0.25, 0.3) is 10.0 Å². The van der Waals surface area contributed by atoms with Crippen LogP contribution in [0.4, 0.5) is 11.6 Å². The summed E-state index contributed by atoms with van der Waals surface area (Å²) in [7, 11) is -3.92. The fraction of sp³-hybridized carbons (Fsp3) is 0.238. The average molecular weight is 429 g/mol. The van der Waals surface area contributed by atoms with Gasteiger partial charge in [0, 0.05) is 6.92 Å². The van der Waals surface area contributed by atoms with Crippen LogP contribution in [-0.4, -0.2) is 26.1 Å². The van der Waals surface area contributed by atoms with Gasteiger partial charge < -0.3 is 9.26 Å². The zero-order valence-corrected chi connectivity index (χ0v) is 18.0. The van der Waals surface area contributed by atoms with Gasteiger partial charge in [0.1, 0.15) is 5.75 Å². The van der Waals surface area contributed by atoms with Gasteiger partial charge in [-0.2, -0.15) is 0 Å². The van der Waals surface area contributed by atoms with Gasteiger partial charge in [-0.15, -0.1) is 0 Å². The largest absolute Gasteiger partial charge is 0.492 e. The summed E-state index contributed by atoms with van der Waals surface area (Å²) in [5.41, 5.74) is 2.53. The summed E-state index contributed by atoms with van der Waals surface area (Å²) in [4.78, 5) is 11.6. The number of hydrogen-bond acceptors (Lipinski definition) is 6. The fourth-order valence-corrected chi connectivity index (χ4v) is 4.37. The number of amides is 1. The lowest BCUT2D eigenvalue weighted by Gasteiger charge is -2.15. The molecule has 0 aliphatic carbocycles. The number of nitrogens with one attached hydrogen (secondary N) is 2. The zero-order chi connectivity index (χ0) is 21.9. The summed E-state index contributed by atoms with van der Waals surface area (Å²) in [5, 5.41) is 6.47. The van der Waals surface area contributed by atoms with Gasteiger partial charge in [-0.25, -0.2) is 8.42 Å². The summed E-state index contributed by atoms with van der Waals surface area (Å²) < 4.78 is 39.7. The van der Waals surface area contributed by atoms with Crippen LogP contribution in [0.3, 0.4) is 0 Å². The van der Waals surface area contributed by atoms with Gasteiger partial charge in [0.2, 0.25) is 11.8 Å². The van der Waals surface area contributed by atoms with Crippen LogP contribution in [0.2, 0.25) is 0 Å². The predicted octanol–water partition coefficient (Wildman–Crippen LogP) is 4.12. The second kappa shape index (κ2) is 8.58. The molecule has 8 nitrogen and oxygen atoms in total. The zero-order valence-electron chi connectivity index (χ0n) is 17.1. The Labute approximate surface area is 175 Å². The predicted molar refractivity (Wildman–Crippen MR) is 114 cm³/mol. The molecule has 2 N–H and O–H groups in total. The molecule has 9 heteroatoms. The number of sulfonamides is 1. The molecule has 2 aromatic carbocycles. The van der Waals surface area contributed by atoms with E-state index in [4.69, 9.17) is 9.26 Å². The molecule has 3 aromatic rings. The molecule has 30 heavy (non-hydrogen) atoms. The second-order valence-electron chi connectivity index (χ2n) is 6.67. The van der Waals surface area contributed by atoms with Gasteiger partial charge in [-0.05, 0) is 50.1 Å². The van der Waals surface area contributed by atoms with Crippen LogP contribution in [0.15, 0.2) is 51.9 Å². The van der Waals surface area contributed by atoms with Crippen molar-refractivity contribution in [3.05, 3.63) is 53.7 Å². The summed E-state index contributed by atoms with van der Waals surface area (Å²) >= 11 is 0. The third kappa shape index (κ3) is 4.46. The van der Waals surface area contributed by atoms with Crippen LogP contribution in [0.1, 0.15) is 25.1 Å². The number of para-hydroxylation sites is 2. The van der Waals surface area contributed by atoms with Crippen molar-refractivity contribution in [3.63, 3.8) is 0 Å². The summed E-state index contributed by atoms with van der Waals surface area (Å²) in [6, 6.07) is 11.8. The number of hydrogen-bond donors (Lipinski definition) is 2. The Bertz CT molecular complexity index is 1190. The Kier molecular flexibility index (Phi) is 6.12. The number of aromatic nitrogens is 1. The van der Waals surface area contributed by atoms with Gasteiger partial charge in [0.15, 0.2) is 0 Å². The first-order valence-electron chi connectivity index (χ1n) is 9.32. The van der Waals surface area contributed by atoms with Crippen molar-refractivity contribution in [2.45, 2.75) is 32.6 Å². The maximum atomic E-state index is 13.2. The molecule has 0 radical (unpaired) electrons. The Balaban J connectivity index is 2.04. The van der Waals surface area contributed by atoms with Crippen molar-refractivity contribution in [1.29, 1.82) is 0 Å². The van der Waals surface area contributed by atoms with E-state index < -0.39 is 10.0 Å². The van der Waals surface area contributed by atoms with Gasteiger partial charge >= 0.3 is 0 Å². The Morgan fingerprint density at radius 2 is 1.90 bits per heavy atom. The fourth-order valence-electron chi connectivity index (χ4n) is 3.03. The molecule has 0 fully saturated rings. The number of anilines is 2. The molecule has 0 atom stereocenters. The lowest BCUT2D eigenvalue weighted by molar-refractivity contribution is -0.114. The second-order valence-corrected chi connectivity index (χ2v) is 8.32. The minimum atomic E-state index is -3.92. The van der Waals surface area contributed by atoms with E-state index in [-0.39, 0.29) is 16.7 Å². The molecule has 158 valence electrons. The van der Waals surface area contributed by atoms with Crippen molar-refractivity contribution >= 4 is 27.5 Å².